The smallest absolute Gasteiger partial charge is 0.318 e. The van der Waals surface area contributed by atoms with Gasteiger partial charge in [-0.15, -0.1) is 0 Å². The number of pyridine rings is 1. The van der Waals surface area contributed by atoms with Crippen molar-refractivity contribution < 1.29 is 4.79 Å². The normalized spacial score (nSPS) is 16.5. The average Bonchev–Trinajstić information content (AvgIpc) is 3.27. The third kappa shape index (κ3) is 4.50. The number of carbonyl (C=O) groups is 1. The SMILES string of the molecule is CCN1CCCC1CNC(=O)Cn1c(=O)c(=O)n(Cc2ccc(C)cc2)c2ncccc21. The zero-order chi connectivity index (χ0) is 22.7. The van der Waals surface area contributed by atoms with Gasteiger partial charge in [0.2, 0.25) is 5.91 Å². The lowest BCUT2D eigenvalue weighted by Crippen LogP contribution is -2.45. The minimum Gasteiger partial charge on any atom is -0.353 e. The zero-order valence-electron chi connectivity index (χ0n) is 18.6. The van der Waals surface area contributed by atoms with Crippen LogP contribution in [0.4, 0.5) is 0 Å². The van der Waals surface area contributed by atoms with Gasteiger partial charge in [-0.3, -0.25) is 28.4 Å². The van der Waals surface area contributed by atoms with Crippen LogP contribution in [0.2, 0.25) is 0 Å². The number of rotatable bonds is 7. The molecule has 1 aromatic carbocycles. The Kier molecular flexibility index (Phi) is 6.50. The Morgan fingerprint density at radius 3 is 2.62 bits per heavy atom. The molecule has 8 heteroatoms. The number of hydrogen-bond acceptors (Lipinski definition) is 5. The number of nitrogens with zero attached hydrogens (tertiary/aromatic N) is 4. The van der Waals surface area contributed by atoms with Gasteiger partial charge < -0.3 is 5.32 Å². The number of amides is 1. The van der Waals surface area contributed by atoms with E-state index in [-0.39, 0.29) is 19.0 Å². The van der Waals surface area contributed by atoms with Gasteiger partial charge >= 0.3 is 11.1 Å². The van der Waals surface area contributed by atoms with Gasteiger partial charge in [0.25, 0.3) is 0 Å². The molecule has 2 aromatic heterocycles. The zero-order valence-corrected chi connectivity index (χ0v) is 18.6. The fraction of sp³-hybridized carbons (Fsp3) is 0.417. The van der Waals surface area contributed by atoms with Crippen molar-refractivity contribution in [2.75, 3.05) is 19.6 Å². The maximum absolute atomic E-state index is 13.0. The molecule has 1 N–H and O–H groups in total. The van der Waals surface area contributed by atoms with Crippen molar-refractivity contribution in [2.45, 2.75) is 45.8 Å². The highest BCUT2D eigenvalue weighted by Crippen LogP contribution is 2.15. The van der Waals surface area contributed by atoms with Crippen molar-refractivity contribution in [1.29, 1.82) is 0 Å². The second-order valence-electron chi connectivity index (χ2n) is 8.34. The third-order valence-corrected chi connectivity index (χ3v) is 6.19. The van der Waals surface area contributed by atoms with Crippen LogP contribution in [0.25, 0.3) is 11.2 Å². The van der Waals surface area contributed by atoms with Crippen molar-refractivity contribution >= 4 is 17.1 Å². The van der Waals surface area contributed by atoms with Gasteiger partial charge in [0.15, 0.2) is 5.65 Å². The number of aryl methyl sites for hydroxylation is 1. The fourth-order valence-electron chi connectivity index (χ4n) is 4.40. The second kappa shape index (κ2) is 9.48. The summed E-state index contributed by atoms with van der Waals surface area (Å²) in [6.07, 6.45) is 3.76. The molecule has 0 saturated carbocycles. The molecule has 0 bridgehead atoms. The molecule has 168 valence electrons. The molecule has 3 heterocycles. The van der Waals surface area contributed by atoms with Crippen LogP contribution in [0, 0.1) is 6.92 Å². The Balaban J connectivity index is 1.61. The molecule has 1 atom stereocenters. The minimum absolute atomic E-state index is 0.208. The molecule has 3 aromatic rings. The molecule has 1 unspecified atom stereocenters. The molecule has 0 radical (unpaired) electrons. The molecule has 0 aliphatic carbocycles. The lowest BCUT2D eigenvalue weighted by molar-refractivity contribution is -0.121. The molecule has 0 spiro atoms. The molecule has 1 saturated heterocycles. The molecule has 1 fully saturated rings. The molecular formula is C24H29N5O3. The average molecular weight is 436 g/mol. The number of fused-ring (bicyclic) bond motifs is 1. The Labute approximate surface area is 186 Å². The van der Waals surface area contributed by atoms with Gasteiger partial charge in [0, 0.05) is 18.8 Å². The van der Waals surface area contributed by atoms with Crippen LogP contribution < -0.4 is 16.4 Å². The second-order valence-corrected chi connectivity index (χ2v) is 8.34. The van der Waals surface area contributed by atoms with E-state index in [0.29, 0.717) is 23.8 Å². The van der Waals surface area contributed by atoms with E-state index >= 15 is 0 Å². The first-order chi connectivity index (χ1) is 15.5. The molecule has 1 aliphatic rings. The van der Waals surface area contributed by atoms with E-state index in [1.165, 1.54) is 9.13 Å². The number of carbonyl (C=O) groups excluding carboxylic acids is 1. The summed E-state index contributed by atoms with van der Waals surface area (Å²) < 4.78 is 2.62. The lowest BCUT2D eigenvalue weighted by atomic mass is 10.1. The first-order valence-electron chi connectivity index (χ1n) is 11.1. The van der Waals surface area contributed by atoms with Gasteiger partial charge in [-0.1, -0.05) is 36.8 Å². The van der Waals surface area contributed by atoms with E-state index in [1.54, 1.807) is 18.3 Å². The van der Waals surface area contributed by atoms with Crippen molar-refractivity contribution in [2.24, 2.45) is 0 Å². The molecule has 1 amide bonds. The van der Waals surface area contributed by atoms with E-state index < -0.39 is 11.1 Å². The molecular weight excluding hydrogens is 406 g/mol. The third-order valence-electron chi connectivity index (χ3n) is 6.19. The Bertz CT molecular complexity index is 1230. The summed E-state index contributed by atoms with van der Waals surface area (Å²) in [6, 6.07) is 11.5. The number of aromatic nitrogens is 3. The number of likely N-dealkylation sites (N-methyl/N-ethyl adjacent to an activating group) is 1. The maximum atomic E-state index is 13.0. The maximum Gasteiger partial charge on any atom is 0.318 e. The summed E-state index contributed by atoms with van der Waals surface area (Å²) >= 11 is 0. The highest BCUT2D eigenvalue weighted by atomic mass is 16.2. The van der Waals surface area contributed by atoms with Crippen LogP contribution in [0.3, 0.4) is 0 Å². The van der Waals surface area contributed by atoms with Crippen LogP contribution in [0.15, 0.2) is 52.2 Å². The van der Waals surface area contributed by atoms with Crippen LogP contribution in [0.5, 0.6) is 0 Å². The topological polar surface area (TPSA) is 89.2 Å². The Morgan fingerprint density at radius 2 is 1.88 bits per heavy atom. The van der Waals surface area contributed by atoms with Crippen LogP contribution in [-0.4, -0.2) is 50.6 Å². The van der Waals surface area contributed by atoms with Gasteiger partial charge in [-0.05, 0) is 50.6 Å². The summed E-state index contributed by atoms with van der Waals surface area (Å²) in [6.45, 7) is 6.68. The van der Waals surface area contributed by atoms with Crippen LogP contribution in [0.1, 0.15) is 30.9 Å². The van der Waals surface area contributed by atoms with Gasteiger partial charge in [-0.25, -0.2) is 4.98 Å². The van der Waals surface area contributed by atoms with Gasteiger partial charge in [-0.2, -0.15) is 0 Å². The summed E-state index contributed by atoms with van der Waals surface area (Å²) in [5.41, 5.74) is 1.47. The number of nitrogens with one attached hydrogen (secondary N) is 1. The summed E-state index contributed by atoms with van der Waals surface area (Å²) in [4.78, 5) is 45.3. The molecule has 8 nitrogen and oxygen atoms in total. The Hall–Kier alpha value is -3.26. The van der Waals surface area contributed by atoms with Gasteiger partial charge in [0.05, 0.1) is 12.1 Å². The predicted molar refractivity (Wildman–Crippen MR) is 124 cm³/mol. The highest BCUT2D eigenvalue weighted by Gasteiger charge is 2.23. The van der Waals surface area contributed by atoms with Crippen LogP contribution in [-0.2, 0) is 17.9 Å². The summed E-state index contributed by atoms with van der Waals surface area (Å²) in [5, 5.41) is 2.94. The first kappa shape index (κ1) is 22.0. The van der Waals surface area contributed by atoms with Crippen molar-refractivity contribution in [3.8, 4) is 0 Å². The quantitative estimate of drug-likeness (QED) is 0.569. The fourth-order valence-corrected chi connectivity index (χ4v) is 4.40. The lowest BCUT2D eigenvalue weighted by Gasteiger charge is -2.23. The number of benzene rings is 1. The largest absolute Gasteiger partial charge is 0.353 e. The van der Waals surface area contributed by atoms with E-state index in [2.05, 4.69) is 22.1 Å². The standard InChI is InChI=1S/C24H29N5O3/c1-3-27-13-5-6-19(27)14-26-21(30)16-28-20-7-4-12-25-22(20)29(24(32)23(28)31)15-18-10-8-17(2)9-11-18/h4,7-12,19H,3,5-6,13-16H2,1-2H3,(H,26,30). The monoisotopic (exact) mass is 435 g/mol. The van der Waals surface area contributed by atoms with E-state index in [9.17, 15) is 14.4 Å². The van der Waals surface area contributed by atoms with Crippen molar-refractivity contribution in [3.63, 3.8) is 0 Å². The molecule has 4 rings (SSSR count). The highest BCUT2D eigenvalue weighted by molar-refractivity contribution is 5.78. The molecule has 1 aliphatic heterocycles. The minimum atomic E-state index is -0.719. The van der Waals surface area contributed by atoms with E-state index in [4.69, 9.17) is 0 Å². The molecule has 32 heavy (non-hydrogen) atoms. The van der Waals surface area contributed by atoms with Crippen molar-refractivity contribution in [1.82, 2.24) is 24.3 Å². The van der Waals surface area contributed by atoms with Gasteiger partial charge in [0.1, 0.15) is 6.54 Å². The van der Waals surface area contributed by atoms with E-state index in [1.807, 2.05) is 31.2 Å². The summed E-state index contributed by atoms with van der Waals surface area (Å²) in [7, 11) is 0. The van der Waals surface area contributed by atoms with E-state index in [0.717, 1.165) is 37.1 Å². The van der Waals surface area contributed by atoms with Crippen molar-refractivity contribution in [3.05, 3.63) is 74.4 Å². The Morgan fingerprint density at radius 1 is 1.12 bits per heavy atom. The number of likely N-dealkylation sites (tertiary alicyclic amines) is 1. The number of hydrogen-bond donors (Lipinski definition) is 1. The summed E-state index contributed by atoms with van der Waals surface area (Å²) in [5.74, 6) is -0.282. The van der Waals surface area contributed by atoms with Crippen LogP contribution >= 0.6 is 0 Å². The first-order valence-corrected chi connectivity index (χ1v) is 11.1. The predicted octanol–water partition coefficient (Wildman–Crippen LogP) is 1.52.